The number of methoxy groups -OCH3 is 1. The maximum atomic E-state index is 11.7. The van der Waals surface area contributed by atoms with Crippen LogP contribution in [0.2, 0.25) is 0 Å². The van der Waals surface area contributed by atoms with Gasteiger partial charge < -0.3 is 30.3 Å². The van der Waals surface area contributed by atoms with Crippen molar-refractivity contribution < 1.29 is 35.1 Å². The summed E-state index contributed by atoms with van der Waals surface area (Å²) >= 11 is 0. The zero-order valence-corrected chi connectivity index (χ0v) is 12.1. The summed E-state index contributed by atoms with van der Waals surface area (Å²) in [4.78, 5) is 11.7. The molecule has 7 heteroatoms. The molecule has 0 saturated heterocycles. The number of carbonyl (C=O) groups is 1. The molecule has 0 radical (unpaired) electrons. The van der Waals surface area contributed by atoms with Crippen molar-refractivity contribution in [1.29, 1.82) is 0 Å². The Morgan fingerprint density at radius 2 is 2.00 bits per heavy atom. The molecule has 122 valence electrons. The van der Waals surface area contributed by atoms with Crippen LogP contribution in [0.4, 0.5) is 0 Å². The Morgan fingerprint density at radius 1 is 1.32 bits per heavy atom. The van der Waals surface area contributed by atoms with Gasteiger partial charge in [-0.2, -0.15) is 0 Å². The van der Waals surface area contributed by atoms with Crippen LogP contribution in [0.3, 0.4) is 0 Å². The van der Waals surface area contributed by atoms with Crippen molar-refractivity contribution in [1.82, 2.24) is 0 Å². The van der Waals surface area contributed by atoms with E-state index in [-0.39, 0.29) is 17.9 Å². The minimum atomic E-state index is -1.78. The fourth-order valence-corrected chi connectivity index (χ4v) is 1.74. The summed E-state index contributed by atoms with van der Waals surface area (Å²) in [6.45, 7) is -0.755. The van der Waals surface area contributed by atoms with Crippen molar-refractivity contribution in [3.63, 3.8) is 0 Å². The first kappa shape index (κ1) is 18.1. The number of rotatable bonds is 8. The number of hydrogen-bond donors (Lipinski definition) is 5. The third kappa shape index (κ3) is 4.81. The molecule has 1 aromatic rings. The van der Waals surface area contributed by atoms with Crippen LogP contribution in [0.15, 0.2) is 24.3 Å². The van der Waals surface area contributed by atoms with Gasteiger partial charge in [-0.15, -0.1) is 0 Å². The quantitative estimate of drug-likeness (QED) is 0.436. The van der Waals surface area contributed by atoms with Crippen LogP contribution in [0.1, 0.15) is 12.0 Å². The highest BCUT2D eigenvalue weighted by Crippen LogP contribution is 2.26. The molecule has 5 N–H and O–H groups in total. The fraction of sp³-hybridized carbons (Fsp3) is 0.400. The number of Topliss-reactive ketones (excluding diaryl/α,β-unsaturated/α-hetero) is 1. The number of ketones is 1. The molecule has 0 heterocycles. The molecule has 0 aliphatic rings. The molecule has 0 fully saturated rings. The van der Waals surface area contributed by atoms with E-state index in [2.05, 4.69) is 0 Å². The molecule has 0 saturated carbocycles. The molecular weight excluding hydrogens is 292 g/mol. The van der Waals surface area contributed by atoms with Crippen molar-refractivity contribution >= 4 is 11.9 Å². The lowest BCUT2D eigenvalue weighted by molar-refractivity contribution is -0.139. The van der Waals surface area contributed by atoms with E-state index in [0.29, 0.717) is 5.56 Å². The van der Waals surface area contributed by atoms with E-state index in [0.717, 1.165) is 0 Å². The number of aliphatic hydroxyl groups is 4. The number of carbonyl (C=O) groups excluding carboxylic acids is 1. The molecule has 0 aliphatic carbocycles. The average Bonchev–Trinajstić information content (AvgIpc) is 2.53. The zero-order chi connectivity index (χ0) is 16.7. The molecule has 3 atom stereocenters. The van der Waals surface area contributed by atoms with Crippen LogP contribution in [-0.2, 0) is 4.79 Å². The Labute approximate surface area is 127 Å². The Balaban J connectivity index is 2.63. The lowest BCUT2D eigenvalue weighted by atomic mass is 10.0. The molecule has 1 aromatic carbocycles. The van der Waals surface area contributed by atoms with Gasteiger partial charge >= 0.3 is 0 Å². The fourth-order valence-electron chi connectivity index (χ4n) is 1.74. The van der Waals surface area contributed by atoms with E-state index in [9.17, 15) is 20.1 Å². The number of phenols is 1. The van der Waals surface area contributed by atoms with Gasteiger partial charge in [0, 0.05) is 6.42 Å². The van der Waals surface area contributed by atoms with Gasteiger partial charge in [-0.1, -0.05) is 18.2 Å². The lowest BCUT2D eigenvalue weighted by Gasteiger charge is -2.19. The van der Waals surface area contributed by atoms with E-state index < -0.39 is 30.7 Å². The van der Waals surface area contributed by atoms with Crippen LogP contribution in [0.25, 0.3) is 6.08 Å². The van der Waals surface area contributed by atoms with E-state index in [4.69, 9.17) is 14.9 Å². The second-order valence-corrected chi connectivity index (χ2v) is 4.69. The first-order chi connectivity index (χ1) is 10.4. The molecule has 0 unspecified atom stereocenters. The summed E-state index contributed by atoms with van der Waals surface area (Å²) < 4.78 is 4.95. The van der Waals surface area contributed by atoms with Gasteiger partial charge in [-0.25, -0.2) is 0 Å². The molecule has 22 heavy (non-hydrogen) atoms. The highest BCUT2D eigenvalue weighted by Gasteiger charge is 2.28. The minimum absolute atomic E-state index is 0.00716. The first-order valence-electron chi connectivity index (χ1n) is 6.62. The summed E-state index contributed by atoms with van der Waals surface area (Å²) in [6.07, 6.45) is -2.21. The molecule has 0 bridgehead atoms. The lowest BCUT2D eigenvalue weighted by Crippen LogP contribution is -2.43. The average molecular weight is 312 g/mol. The van der Waals surface area contributed by atoms with E-state index in [1.165, 1.54) is 19.3 Å². The first-order valence-corrected chi connectivity index (χ1v) is 6.62. The standard InChI is InChI=1S/C15H20O7/c1-22-13-7-9(5-6-10(13)17)3-2-4-11(18)14(20)15(21)12(19)8-16/h2-3,5-7,12,14-17,19-21H,4,8H2,1H3/b3-2+/t12-,14+,15+/m1/s1. The Morgan fingerprint density at radius 3 is 2.59 bits per heavy atom. The van der Waals surface area contributed by atoms with Crippen molar-refractivity contribution in [3.05, 3.63) is 29.8 Å². The van der Waals surface area contributed by atoms with E-state index in [1.54, 1.807) is 18.2 Å². The normalized spacial score (nSPS) is 15.5. The zero-order valence-electron chi connectivity index (χ0n) is 12.1. The molecule has 1 rings (SSSR count). The van der Waals surface area contributed by atoms with Crippen molar-refractivity contribution in [3.8, 4) is 11.5 Å². The summed E-state index contributed by atoms with van der Waals surface area (Å²) in [6, 6.07) is 4.62. The molecule has 0 aliphatic heterocycles. The monoisotopic (exact) mass is 312 g/mol. The van der Waals surface area contributed by atoms with Crippen LogP contribution in [0, 0.1) is 0 Å². The SMILES string of the molecule is COc1cc(/C=C/CC(=O)[C@H](O)[C@@H](O)[C@H](O)CO)ccc1O. The Kier molecular flexibility index (Phi) is 7.00. The molecule has 0 aromatic heterocycles. The number of allylic oxidation sites excluding steroid dienone is 1. The number of aliphatic hydroxyl groups excluding tert-OH is 4. The third-order valence-electron chi connectivity index (χ3n) is 3.07. The maximum absolute atomic E-state index is 11.7. The molecule has 0 amide bonds. The molecule has 0 spiro atoms. The number of benzene rings is 1. The Bertz CT molecular complexity index is 527. The van der Waals surface area contributed by atoms with Gasteiger partial charge in [-0.3, -0.25) is 4.79 Å². The number of aromatic hydroxyl groups is 1. The van der Waals surface area contributed by atoms with E-state index in [1.807, 2.05) is 0 Å². The number of ether oxygens (including phenoxy) is 1. The number of hydrogen-bond acceptors (Lipinski definition) is 7. The predicted molar refractivity (Wildman–Crippen MR) is 78.4 cm³/mol. The van der Waals surface area contributed by atoms with E-state index >= 15 is 0 Å². The van der Waals surface area contributed by atoms with Gasteiger partial charge in [0.05, 0.1) is 13.7 Å². The van der Waals surface area contributed by atoms with Crippen LogP contribution in [0.5, 0.6) is 11.5 Å². The van der Waals surface area contributed by atoms with Gasteiger partial charge in [-0.05, 0) is 17.7 Å². The van der Waals surface area contributed by atoms with Crippen LogP contribution >= 0.6 is 0 Å². The summed E-state index contributed by atoms with van der Waals surface area (Å²) in [5.41, 5.74) is 0.674. The predicted octanol–water partition coefficient (Wildman–Crippen LogP) is -0.552. The highest BCUT2D eigenvalue weighted by atomic mass is 16.5. The highest BCUT2D eigenvalue weighted by molar-refractivity contribution is 5.85. The van der Waals surface area contributed by atoms with Crippen LogP contribution < -0.4 is 4.74 Å². The molecular formula is C15H20O7. The van der Waals surface area contributed by atoms with Gasteiger partial charge in [0.1, 0.15) is 18.3 Å². The van der Waals surface area contributed by atoms with Crippen molar-refractivity contribution in [2.24, 2.45) is 0 Å². The second kappa shape index (κ2) is 8.50. The maximum Gasteiger partial charge on any atom is 0.167 e. The molecule has 7 nitrogen and oxygen atoms in total. The third-order valence-corrected chi connectivity index (χ3v) is 3.07. The Hall–Kier alpha value is -1.93. The summed E-state index contributed by atoms with van der Waals surface area (Å²) in [7, 11) is 1.41. The summed E-state index contributed by atoms with van der Waals surface area (Å²) in [5.74, 6) is -0.413. The topological polar surface area (TPSA) is 127 Å². The second-order valence-electron chi connectivity index (χ2n) is 4.69. The van der Waals surface area contributed by atoms with Gasteiger partial charge in [0.15, 0.2) is 17.3 Å². The minimum Gasteiger partial charge on any atom is -0.504 e. The van der Waals surface area contributed by atoms with Gasteiger partial charge in [0.2, 0.25) is 0 Å². The summed E-state index contributed by atoms with van der Waals surface area (Å²) in [5, 5.41) is 46.2. The van der Waals surface area contributed by atoms with Crippen molar-refractivity contribution in [2.75, 3.05) is 13.7 Å². The smallest absolute Gasteiger partial charge is 0.167 e. The number of phenolic OH excluding ortho intramolecular Hbond substituents is 1. The van der Waals surface area contributed by atoms with Crippen LogP contribution in [-0.4, -0.2) is 63.3 Å². The van der Waals surface area contributed by atoms with Crippen molar-refractivity contribution in [2.45, 2.75) is 24.7 Å². The largest absolute Gasteiger partial charge is 0.504 e. The van der Waals surface area contributed by atoms with Gasteiger partial charge in [0.25, 0.3) is 0 Å².